The van der Waals surface area contributed by atoms with Crippen molar-refractivity contribution < 1.29 is 13.9 Å². The Bertz CT molecular complexity index is 582. The van der Waals surface area contributed by atoms with Gasteiger partial charge in [-0.25, -0.2) is 14.8 Å². The van der Waals surface area contributed by atoms with Crippen LogP contribution in [0.5, 0.6) is 0 Å². The van der Waals surface area contributed by atoms with Crippen LogP contribution in [0.4, 0.5) is 0 Å². The van der Waals surface area contributed by atoms with Gasteiger partial charge in [0.2, 0.25) is 0 Å². The maximum atomic E-state index is 11.9. The first-order chi connectivity index (χ1) is 9.17. The van der Waals surface area contributed by atoms with E-state index in [1.54, 1.807) is 32.2 Å². The molecule has 19 heavy (non-hydrogen) atoms. The van der Waals surface area contributed by atoms with Crippen LogP contribution in [0.1, 0.15) is 23.0 Å². The molecule has 0 saturated carbocycles. The fraction of sp³-hybridized carbons (Fsp3) is 0.308. The molecule has 0 aliphatic heterocycles. The third-order valence-electron chi connectivity index (χ3n) is 2.47. The van der Waals surface area contributed by atoms with Crippen LogP contribution in [-0.4, -0.2) is 28.8 Å². The van der Waals surface area contributed by atoms with Crippen molar-refractivity contribution in [2.75, 3.05) is 12.9 Å². The van der Waals surface area contributed by atoms with Crippen molar-refractivity contribution in [1.29, 1.82) is 0 Å². The molecule has 0 N–H and O–H groups in total. The van der Waals surface area contributed by atoms with Crippen molar-refractivity contribution in [1.82, 2.24) is 9.97 Å². The van der Waals surface area contributed by atoms with Gasteiger partial charge in [-0.2, -0.15) is 0 Å². The molecular formula is C13H14N2O3S. The van der Waals surface area contributed by atoms with Crippen molar-refractivity contribution in [2.45, 2.75) is 18.9 Å². The molecule has 0 saturated heterocycles. The molecule has 0 aliphatic rings. The summed E-state index contributed by atoms with van der Waals surface area (Å²) < 4.78 is 10.3. The highest BCUT2D eigenvalue weighted by Gasteiger charge is 2.20. The molecule has 2 heterocycles. The van der Waals surface area contributed by atoms with Crippen LogP contribution in [0.25, 0.3) is 11.6 Å². The lowest BCUT2D eigenvalue weighted by Crippen LogP contribution is -2.11. The number of esters is 1. The molecule has 2 aromatic rings. The fourth-order valence-corrected chi connectivity index (χ4v) is 2.26. The van der Waals surface area contributed by atoms with E-state index in [0.29, 0.717) is 34.5 Å². The van der Waals surface area contributed by atoms with Crippen LogP contribution >= 0.6 is 11.8 Å². The standard InChI is InChI=1S/C13H14N2O3S/c1-4-17-13(16)10-8(2)14-11(15-12(10)19-3)9-6-5-7-18-9/h5-7H,4H2,1-3H3. The van der Waals surface area contributed by atoms with Gasteiger partial charge in [0.15, 0.2) is 11.6 Å². The van der Waals surface area contributed by atoms with Gasteiger partial charge in [0.25, 0.3) is 0 Å². The van der Waals surface area contributed by atoms with Crippen LogP contribution < -0.4 is 0 Å². The van der Waals surface area contributed by atoms with E-state index >= 15 is 0 Å². The summed E-state index contributed by atoms with van der Waals surface area (Å²) in [6, 6.07) is 3.55. The highest BCUT2D eigenvalue weighted by atomic mass is 32.2. The number of hydrogen-bond donors (Lipinski definition) is 0. The van der Waals surface area contributed by atoms with Gasteiger partial charge in [-0.3, -0.25) is 0 Å². The molecule has 0 aromatic carbocycles. The van der Waals surface area contributed by atoms with E-state index in [0.717, 1.165) is 0 Å². The predicted molar refractivity (Wildman–Crippen MR) is 72.2 cm³/mol. The maximum absolute atomic E-state index is 11.9. The van der Waals surface area contributed by atoms with Crippen LogP contribution in [0.3, 0.4) is 0 Å². The van der Waals surface area contributed by atoms with Gasteiger partial charge >= 0.3 is 5.97 Å². The second-order valence-electron chi connectivity index (χ2n) is 3.71. The Morgan fingerprint density at radius 3 is 2.84 bits per heavy atom. The molecule has 0 fully saturated rings. The van der Waals surface area contributed by atoms with Crippen molar-refractivity contribution >= 4 is 17.7 Å². The molecule has 2 rings (SSSR count). The number of ether oxygens (including phenoxy) is 1. The number of rotatable bonds is 4. The Labute approximate surface area is 115 Å². The minimum atomic E-state index is -0.393. The third-order valence-corrected chi connectivity index (χ3v) is 3.15. The van der Waals surface area contributed by atoms with Gasteiger partial charge in [0.05, 0.1) is 18.6 Å². The molecule has 0 atom stereocenters. The number of carbonyl (C=O) groups is 1. The van der Waals surface area contributed by atoms with Gasteiger partial charge < -0.3 is 9.15 Å². The Morgan fingerprint density at radius 1 is 1.47 bits per heavy atom. The highest BCUT2D eigenvalue weighted by molar-refractivity contribution is 7.98. The van der Waals surface area contributed by atoms with E-state index < -0.39 is 5.97 Å². The van der Waals surface area contributed by atoms with Crippen LogP contribution in [0.15, 0.2) is 27.8 Å². The van der Waals surface area contributed by atoms with E-state index in [4.69, 9.17) is 9.15 Å². The zero-order chi connectivity index (χ0) is 13.8. The summed E-state index contributed by atoms with van der Waals surface area (Å²) in [7, 11) is 0. The summed E-state index contributed by atoms with van der Waals surface area (Å²) in [6.45, 7) is 3.86. The lowest BCUT2D eigenvalue weighted by atomic mass is 10.2. The number of nitrogens with zero attached hydrogens (tertiary/aromatic N) is 2. The van der Waals surface area contributed by atoms with Crippen LogP contribution in [0, 0.1) is 6.92 Å². The van der Waals surface area contributed by atoms with Crippen molar-refractivity contribution in [3.05, 3.63) is 29.7 Å². The van der Waals surface area contributed by atoms with Crippen molar-refractivity contribution in [3.63, 3.8) is 0 Å². The molecule has 100 valence electrons. The number of thioether (sulfide) groups is 1. The molecule has 0 amide bonds. The van der Waals surface area contributed by atoms with E-state index in [-0.39, 0.29) is 0 Å². The smallest absolute Gasteiger partial charge is 0.342 e. The summed E-state index contributed by atoms with van der Waals surface area (Å²) >= 11 is 1.38. The fourth-order valence-electron chi connectivity index (χ4n) is 1.65. The van der Waals surface area contributed by atoms with Gasteiger partial charge in [0.1, 0.15) is 10.6 Å². The number of carbonyl (C=O) groups excluding carboxylic acids is 1. The lowest BCUT2D eigenvalue weighted by molar-refractivity contribution is 0.0520. The average molecular weight is 278 g/mol. The van der Waals surface area contributed by atoms with Crippen molar-refractivity contribution in [2.24, 2.45) is 0 Å². The second-order valence-corrected chi connectivity index (χ2v) is 4.51. The number of furan rings is 1. The zero-order valence-corrected chi connectivity index (χ0v) is 11.8. The molecule has 5 nitrogen and oxygen atoms in total. The van der Waals surface area contributed by atoms with Crippen LogP contribution in [-0.2, 0) is 4.74 Å². The topological polar surface area (TPSA) is 65.2 Å². The minimum absolute atomic E-state index is 0.325. The number of aryl methyl sites for hydroxylation is 1. The Morgan fingerprint density at radius 2 is 2.26 bits per heavy atom. The summed E-state index contributed by atoms with van der Waals surface area (Å²) in [5, 5.41) is 0.595. The van der Waals surface area contributed by atoms with Gasteiger partial charge in [-0.15, -0.1) is 11.8 Å². The first-order valence-corrected chi connectivity index (χ1v) is 7.03. The molecule has 6 heteroatoms. The first-order valence-electron chi connectivity index (χ1n) is 5.81. The summed E-state index contributed by atoms with van der Waals surface area (Å²) in [5.74, 6) is 0.657. The molecular weight excluding hydrogens is 264 g/mol. The van der Waals surface area contributed by atoms with Gasteiger partial charge in [-0.05, 0) is 32.2 Å². The highest BCUT2D eigenvalue weighted by Crippen LogP contribution is 2.25. The average Bonchev–Trinajstić information content (AvgIpc) is 2.91. The SMILES string of the molecule is CCOC(=O)c1c(C)nc(-c2ccco2)nc1SC. The lowest BCUT2D eigenvalue weighted by Gasteiger charge is -2.09. The van der Waals surface area contributed by atoms with E-state index in [1.807, 2.05) is 6.26 Å². The maximum Gasteiger partial charge on any atom is 0.342 e. The molecule has 0 radical (unpaired) electrons. The zero-order valence-electron chi connectivity index (χ0n) is 11.0. The quantitative estimate of drug-likeness (QED) is 0.486. The van der Waals surface area contributed by atoms with Crippen LogP contribution in [0.2, 0.25) is 0 Å². The minimum Gasteiger partial charge on any atom is -0.462 e. The molecule has 0 spiro atoms. The predicted octanol–water partition coefficient (Wildman–Crippen LogP) is 2.94. The monoisotopic (exact) mass is 278 g/mol. The van der Waals surface area contributed by atoms with Crippen molar-refractivity contribution in [3.8, 4) is 11.6 Å². The normalized spacial score (nSPS) is 10.5. The number of hydrogen-bond acceptors (Lipinski definition) is 6. The molecule has 2 aromatic heterocycles. The summed E-state index contributed by atoms with van der Waals surface area (Å²) in [5.41, 5.74) is 1.01. The van der Waals surface area contributed by atoms with Gasteiger partial charge in [-0.1, -0.05) is 0 Å². The van der Waals surface area contributed by atoms with E-state index in [1.165, 1.54) is 11.8 Å². The molecule has 0 bridgehead atoms. The third kappa shape index (κ3) is 2.78. The number of aromatic nitrogens is 2. The summed E-state index contributed by atoms with van der Waals surface area (Å²) in [6.07, 6.45) is 3.42. The second kappa shape index (κ2) is 5.88. The Hall–Kier alpha value is -1.82. The first kappa shape index (κ1) is 13.6. The van der Waals surface area contributed by atoms with E-state index in [2.05, 4.69) is 9.97 Å². The summed E-state index contributed by atoms with van der Waals surface area (Å²) in [4.78, 5) is 20.6. The Balaban J connectivity index is 2.49. The van der Waals surface area contributed by atoms with Gasteiger partial charge in [0, 0.05) is 0 Å². The largest absolute Gasteiger partial charge is 0.462 e. The molecule has 0 aliphatic carbocycles. The van der Waals surface area contributed by atoms with E-state index in [9.17, 15) is 4.79 Å². The molecule has 0 unspecified atom stereocenters. The Kier molecular flexibility index (Phi) is 4.21.